The molecular formula is C44H30N4. The van der Waals surface area contributed by atoms with Gasteiger partial charge in [-0.2, -0.15) is 0 Å². The third-order valence-electron chi connectivity index (χ3n) is 8.40. The first-order valence-electron chi connectivity index (χ1n) is 16.0. The van der Waals surface area contributed by atoms with Gasteiger partial charge in [-0.1, -0.05) is 127 Å². The topological polar surface area (TPSA) is 51.6 Å². The molecule has 0 N–H and O–H groups in total. The third-order valence-corrected chi connectivity index (χ3v) is 8.40. The Hall–Kier alpha value is -6.52. The van der Waals surface area contributed by atoms with Crippen LogP contribution in [0.3, 0.4) is 0 Å². The first-order valence-corrected chi connectivity index (χ1v) is 16.0. The summed E-state index contributed by atoms with van der Waals surface area (Å²) in [4.78, 5) is 19.8. The zero-order valence-corrected chi connectivity index (χ0v) is 26.1. The van der Waals surface area contributed by atoms with Crippen LogP contribution in [-0.4, -0.2) is 19.9 Å². The van der Waals surface area contributed by atoms with Crippen molar-refractivity contribution in [1.29, 1.82) is 0 Å². The molecule has 0 amide bonds. The average molecular weight is 615 g/mol. The van der Waals surface area contributed by atoms with Crippen molar-refractivity contribution in [3.8, 4) is 78.7 Å². The van der Waals surface area contributed by atoms with Crippen LogP contribution in [0.5, 0.6) is 0 Å². The second-order valence-corrected chi connectivity index (χ2v) is 11.5. The Balaban J connectivity index is 1.27. The van der Waals surface area contributed by atoms with Gasteiger partial charge >= 0.3 is 0 Å². The van der Waals surface area contributed by atoms with Crippen LogP contribution in [0.1, 0.15) is 0 Å². The van der Waals surface area contributed by atoms with E-state index in [0.29, 0.717) is 5.82 Å². The fourth-order valence-electron chi connectivity index (χ4n) is 6.05. The molecule has 0 bridgehead atoms. The molecule has 3 heterocycles. The van der Waals surface area contributed by atoms with Crippen molar-refractivity contribution in [2.24, 2.45) is 0 Å². The van der Waals surface area contributed by atoms with Crippen LogP contribution in [-0.2, 0) is 0 Å². The molecule has 0 unspecified atom stereocenters. The number of rotatable bonds is 7. The summed E-state index contributed by atoms with van der Waals surface area (Å²) in [5.74, 6) is 0.676. The fourth-order valence-corrected chi connectivity index (χ4v) is 6.05. The van der Waals surface area contributed by atoms with E-state index in [-0.39, 0.29) is 0 Å². The molecule has 8 aromatic rings. The van der Waals surface area contributed by atoms with E-state index >= 15 is 0 Å². The molecule has 4 heteroatoms. The fraction of sp³-hybridized carbons (Fsp3) is 0. The minimum Gasteiger partial charge on any atom is -0.256 e. The van der Waals surface area contributed by atoms with Crippen molar-refractivity contribution >= 4 is 0 Å². The van der Waals surface area contributed by atoms with E-state index in [2.05, 4.69) is 125 Å². The van der Waals surface area contributed by atoms with E-state index in [1.807, 2.05) is 67.0 Å². The molecular weight excluding hydrogens is 585 g/mol. The number of aromatic nitrogens is 4. The van der Waals surface area contributed by atoms with Crippen molar-refractivity contribution in [2.75, 3.05) is 0 Å². The van der Waals surface area contributed by atoms with Crippen LogP contribution in [0.15, 0.2) is 182 Å². The zero-order valence-electron chi connectivity index (χ0n) is 26.1. The van der Waals surface area contributed by atoms with Crippen molar-refractivity contribution in [2.45, 2.75) is 0 Å². The average Bonchev–Trinajstić information content (AvgIpc) is 3.19. The quantitative estimate of drug-likeness (QED) is 0.179. The molecule has 0 saturated heterocycles. The number of benzene rings is 5. The molecule has 4 nitrogen and oxygen atoms in total. The van der Waals surface area contributed by atoms with Crippen LogP contribution < -0.4 is 0 Å². The second kappa shape index (κ2) is 13.1. The lowest BCUT2D eigenvalue weighted by Crippen LogP contribution is -2.00. The van der Waals surface area contributed by atoms with Gasteiger partial charge in [-0.25, -0.2) is 9.97 Å². The van der Waals surface area contributed by atoms with Gasteiger partial charge < -0.3 is 0 Å². The summed E-state index contributed by atoms with van der Waals surface area (Å²) in [6.07, 6.45) is 3.65. The Morgan fingerprint density at radius 3 is 1.17 bits per heavy atom. The highest BCUT2D eigenvalue weighted by atomic mass is 14.9. The van der Waals surface area contributed by atoms with Crippen molar-refractivity contribution < 1.29 is 0 Å². The van der Waals surface area contributed by atoms with Crippen molar-refractivity contribution in [3.05, 3.63) is 182 Å². The standard InChI is InChI=1S/C44H30N4/c1-4-14-32(15-5-1)41-42(33-16-6-2-7-17-33)47-44(48-43(41)34-18-8-3-9-19-34)35-24-22-31(23-25-35)36-28-37(39-20-10-12-26-45-39)30-38(29-36)40-21-11-13-27-46-40/h1-30H. The smallest absolute Gasteiger partial charge is 0.160 e. The van der Waals surface area contributed by atoms with E-state index in [0.717, 1.165) is 72.8 Å². The summed E-state index contributed by atoms with van der Waals surface area (Å²) in [5, 5.41) is 0. The van der Waals surface area contributed by atoms with Gasteiger partial charge in [0.25, 0.3) is 0 Å². The second-order valence-electron chi connectivity index (χ2n) is 11.5. The minimum atomic E-state index is 0.676. The molecule has 48 heavy (non-hydrogen) atoms. The molecule has 0 aliphatic carbocycles. The Kier molecular flexibility index (Phi) is 7.87. The molecule has 8 rings (SSSR count). The molecule has 0 aliphatic rings. The number of hydrogen-bond acceptors (Lipinski definition) is 4. The maximum absolute atomic E-state index is 5.26. The van der Waals surface area contributed by atoms with Gasteiger partial charge in [0.05, 0.1) is 22.8 Å². The Morgan fingerprint density at radius 1 is 0.292 bits per heavy atom. The van der Waals surface area contributed by atoms with Gasteiger partial charge in [0.15, 0.2) is 5.82 Å². The summed E-state index contributed by atoms with van der Waals surface area (Å²) < 4.78 is 0. The molecule has 0 fully saturated rings. The van der Waals surface area contributed by atoms with E-state index in [1.165, 1.54) is 0 Å². The lowest BCUT2D eigenvalue weighted by atomic mass is 9.94. The predicted molar refractivity (Wildman–Crippen MR) is 196 cm³/mol. The molecule has 5 aromatic carbocycles. The van der Waals surface area contributed by atoms with Crippen molar-refractivity contribution in [3.63, 3.8) is 0 Å². The molecule has 0 saturated carbocycles. The SMILES string of the molecule is c1ccc(-c2nc(-c3ccc(-c4cc(-c5ccccn5)cc(-c5ccccn5)c4)cc3)nc(-c3ccccc3)c2-c2ccccc2)cc1. The highest BCUT2D eigenvalue weighted by Crippen LogP contribution is 2.40. The van der Waals surface area contributed by atoms with E-state index < -0.39 is 0 Å². The molecule has 0 atom stereocenters. The molecule has 0 radical (unpaired) electrons. The molecule has 0 aliphatic heterocycles. The highest BCUT2D eigenvalue weighted by molar-refractivity contribution is 5.92. The minimum absolute atomic E-state index is 0.676. The van der Waals surface area contributed by atoms with Gasteiger partial charge in [-0.3, -0.25) is 9.97 Å². The van der Waals surface area contributed by atoms with Gasteiger partial charge in [0.1, 0.15) is 0 Å². The van der Waals surface area contributed by atoms with Gasteiger partial charge in [-0.05, 0) is 59.2 Å². The molecule has 3 aromatic heterocycles. The van der Waals surface area contributed by atoms with Gasteiger partial charge in [0, 0.05) is 45.8 Å². The predicted octanol–water partition coefficient (Wildman–Crippen LogP) is 10.9. The van der Waals surface area contributed by atoms with E-state index in [4.69, 9.17) is 9.97 Å². The lowest BCUT2D eigenvalue weighted by molar-refractivity contribution is 1.18. The Morgan fingerprint density at radius 2 is 0.708 bits per heavy atom. The van der Waals surface area contributed by atoms with Crippen LogP contribution in [0, 0.1) is 0 Å². The van der Waals surface area contributed by atoms with Crippen LogP contribution in [0.2, 0.25) is 0 Å². The normalized spacial score (nSPS) is 10.9. The number of pyridine rings is 2. The zero-order chi connectivity index (χ0) is 32.1. The third kappa shape index (κ3) is 5.91. The van der Waals surface area contributed by atoms with Gasteiger partial charge in [0.2, 0.25) is 0 Å². The first kappa shape index (κ1) is 28.9. The maximum atomic E-state index is 5.26. The number of hydrogen-bond donors (Lipinski definition) is 0. The van der Waals surface area contributed by atoms with E-state index in [9.17, 15) is 0 Å². The summed E-state index contributed by atoms with van der Waals surface area (Å²) in [6.45, 7) is 0. The largest absolute Gasteiger partial charge is 0.256 e. The monoisotopic (exact) mass is 614 g/mol. The number of nitrogens with zero attached hydrogens (tertiary/aromatic N) is 4. The molecule has 0 spiro atoms. The highest BCUT2D eigenvalue weighted by Gasteiger charge is 2.20. The lowest BCUT2D eigenvalue weighted by Gasteiger charge is -2.17. The van der Waals surface area contributed by atoms with Crippen LogP contribution >= 0.6 is 0 Å². The summed E-state index contributed by atoms with van der Waals surface area (Å²) >= 11 is 0. The Bertz CT molecular complexity index is 2170. The summed E-state index contributed by atoms with van der Waals surface area (Å²) in [6, 6.07) is 58.2. The van der Waals surface area contributed by atoms with Crippen molar-refractivity contribution in [1.82, 2.24) is 19.9 Å². The summed E-state index contributed by atoms with van der Waals surface area (Å²) in [7, 11) is 0. The Labute approximate surface area is 280 Å². The van der Waals surface area contributed by atoms with Gasteiger partial charge in [-0.15, -0.1) is 0 Å². The van der Waals surface area contributed by atoms with Crippen LogP contribution in [0.4, 0.5) is 0 Å². The molecule has 226 valence electrons. The van der Waals surface area contributed by atoms with E-state index in [1.54, 1.807) is 0 Å². The summed E-state index contributed by atoms with van der Waals surface area (Å²) in [5.41, 5.74) is 13.0. The van der Waals surface area contributed by atoms with Crippen LogP contribution in [0.25, 0.3) is 78.7 Å². The maximum Gasteiger partial charge on any atom is 0.160 e. The first-order chi connectivity index (χ1) is 23.8.